The molecule has 2 nitrogen and oxygen atoms in total. The number of benzene rings is 2. The molecule has 19 heavy (non-hydrogen) atoms. The fraction of sp³-hybridized carbons (Fsp3) is 0.188. The lowest BCUT2D eigenvalue weighted by Crippen LogP contribution is -2.28. The standard InChI is InChI=1S/C16H16FNO/c1-18(12-14-9-5-6-10-15(14)17)16(19)11-13-7-3-2-4-8-13/h2-10H,11-12H2,1H3. The van der Waals surface area contributed by atoms with Gasteiger partial charge in [0.1, 0.15) is 5.82 Å². The van der Waals surface area contributed by atoms with Crippen LogP contribution in [0.2, 0.25) is 0 Å². The second-order valence-electron chi connectivity index (χ2n) is 4.50. The van der Waals surface area contributed by atoms with Gasteiger partial charge < -0.3 is 4.90 Å². The van der Waals surface area contributed by atoms with Crippen molar-refractivity contribution in [2.24, 2.45) is 0 Å². The average molecular weight is 257 g/mol. The van der Waals surface area contributed by atoms with E-state index < -0.39 is 0 Å². The maximum absolute atomic E-state index is 13.5. The predicted octanol–water partition coefficient (Wildman–Crippen LogP) is 3.03. The molecule has 0 aliphatic heterocycles. The van der Waals surface area contributed by atoms with Crippen LogP contribution in [0.25, 0.3) is 0 Å². The zero-order valence-electron chi connectivity index (χ0n) is 10.8. The molecular weight excluding hydrogens is 241 g/mol. The molecule has 0 unspecified atom stereocenters. The molecule has 0 heterocycles. The van der Waals surface area contributed by atoms with Crippen molar-refractivity contribution in [3.63, 3.8) is 0 Å². The predicted molar refractivity (Wildman–Crippen MR) is 73.0 cm³/mol. The molecule has 98 valence electrons. The number of amides is 1. The fourth-order valence-corrected chi connectivity index (χ4v) is 1.88. The number of hydrogen-bond acceptors (Lipinski definition) is 1. The molecule has 0 saturated heterocycles. The van der Waals surface area contributed by atoms with Crippen LogP contribution in [0, 0.1) is 5.82 Å². The van der Waals surface area contributed by atoms with Gasteiger partial charge in [0.05, 0.1) is 6.42 Å². The highest BCUT2D eigenvalue weighted by atomic mass is 19.1. The van der Waals surface area contributed by atoms with Gasteiger partial charge in [-0.1, -0.05) is 48.5 Å². The molecule has 0 fully saturated rings. The van der Waals surface area contributed by atoms with Gasteiger partial charge in [-0.2, -0.15) is 0 Å². The summed E-state index contributed by atoms with van der Waals surface area (Å²) in [6.45, 7) is 0.290. The highest BCUT2D eigenvalue weighted by molar-refractivity contribution is 5.78. The third kappa shape index (κ3) is 3.65. The summed E-state index contributed by atoms with van der Waals surface area (Å²) >= 11 is 0. The number of nitrogens with zero attached hydrogens (tertiary/aromatic N) is 1. The van der Waals surface area contributed by atoms with Crippen molar-refractivity contribution < 1.29 is 9.18 Å². The minimum atomic E-state index is -0.276. The van der Waals surface area contributed by atoms with Gasteiger partial charge in [-0.05, 0) is 11.6 Å². The van der Waals surface area contributed by atoms with E-state index in [9.17, 15) is 9.18 Å². The van der Waals surface area contributed by atoms with Crippen LogP contribution in [-0.4, -0.2) is 17.9 Å². The number of halogens is 1. The summed E-state index contributed by atoms with van der Waals surface area (Å²) in [7, 11) is 1.69. The SMILES string of the molecule is CN(Cc1ccccc1F)C(=O)Cc1ccccc1. The van der Waals surface area contributed by atoms with Crippen LogP contribution in [0.5, 0.6) is 0 Å². The second kappa shape index (κ2) is 6.14. The maximum atomic E-state index is 13.5. The van der Waals surface area contributed by atoms with E-state index >= 15 is 0 Å². The topological polar surface area (TPSA) is 20.3 Å². The highest BCUT2D eigenvalue weighted by Crippen LogP contribution is 2.10. The largest absolute Gasteiger partial charge is 0.341 e. The number of rotatable bonds is 4. The van der Waals surface area contributed by atoms with Crippen LogP contribution < -0.4 is 0 Å². The molecule has 0 N–H and O–H groups in total. The lowest BCUT2D eigenvalue weighted by Gasteiger charge is -2.17. The van der Waals surface area contributed by atoms with Crippen molar-refractivity contribution in [3.05, 3.63) is 71.5 Å². The average Bonchev–Trinajstić information content (AvgIpc) is 2.42. The summed E-state index contributed by atoms with van der Waals surface area (Å²) in [6.07, 6.45) is 0.339. The summed E-state index contributed by atoms with van der Waals surface area (Å²) < 4.78 is 13.5. The van der Waals surface area contributed by atoms with Gasteiger partial charge in [0.2, 0.25) is 5.91 Å². The van der Waals surface area contributed by atoms with E-state index in [1.54, 1.807) is 30.1 Å². The maximum Gasteiger partial charge on any atom is 0.227 e. The van der Waals surface area contributed by atoms with Gasteiger partial charge in [0, 0.05) is 19.2 Å². The monoisotopic (exact) mass is 257 g/mol. The Labute approximate surface area is 112 Å². The molecule has 1 amide bonds. The van der Waals surface area contributed by atoms with E-state index in [0.717, 1.165) is 5.56 Å². The van der Waals surface area contributed by atoms with Gasteiger partial charge in [-0.15, -0.1) is 0 Å². The van der Waals surface area contributed by atoms with E-state index in [2.05, 4.69) is 0 Å². The van der Waals surface area contributed by atoms with Crippen molar-refractivity contribution in [2.75, 3.05) is 7.05 Å². The van der Waals surface area contributed by atoms with Gasteiger partial charge >= 0.3 is 0 Å². The van der Waals surface area contributed by atoms with Crippen LogP contribution >= 0.6 is 0 Å². The fourth-order valence-electron chi connectivity index (χ4n) is 1.88. The lowest BCUT2D eigenvalue weighted by atomic mass is 10.1. The number of hydrogen-bond donors (Lipinski definition) is 0. The van der Waals surface area contributed by atoms with Crippen molar-refractivity contribution >= 4 is 5.91 Å². The smallest absolute Gasteiger partial charge is 0.227 e. The van der Waals surface area contributed by atoms with E-state index in [0.29, 0.717) is 18.5 Å². The molecule has 0 radical (unpaired) electrons. The Kier molecular flexibility index (Phi) is 4.29. The first kappa shape index (κ1) is 13.3. The van der Waals surface area contributed by atoms with Crippen molar-refractivity contribution in [2.45, 2.75) is 13.0 Å². The van der Waals surface area contributed by atoms with Gasteiger partial charge in [-0.3, -0.25) is 4.79 Å². The summed E-state index contributed by atoms with van der Waals surface area (Å²) in [6, 6.07) is 16.1. The molecular formula is C16H16FNO. The van der Waals surface area contributed by atoms with Crippen LogP contribution in [0.4, 0.5) is 4.39 Å². The molecule has 0 aliphatic carbocycles. The number of carbonyl (C=O) groups excluding carboxylic acids is 1. The van der Waals surface area contributed by atoms with E-state index in [4.69, 9.17) is 0 Å². The summed E-state index contributed by atoms with van der Waals surface area (Å²) in [5.74, 6) is -0.295. The Morgan fingerprint density at radius 1 is 1.05 bits per heavy atom. The van der Waals surface area contributed by atoms with Gasteiger partial charge in [-0.25, -0.2) is 4.39 Å². The quantitative estimate of drug-likeness (QED) is 0.824. The minimum absolute atomic E-state index is 0.0190. The van der Waals surface area contributed by atoms with Crippen molar-refractivity contribution in [1.29, 1.82) is 0 Å². The molecule has 0 aliphatic rings. The Hall–Kier alpha value is -2.16. The molecule has 0 atom stereocenters. The Bertz CT molecular complexity index is 554. The summed E-state index contributed by atoms with van der Waals surface area (Å²) in [5.41, 5.74) is 1.50. The molecule has 3 heteroatoms. The van der Waals surface area contributed by atoms with E-state index in [-0.39, 0.29) is 11.7 Å². The van der Waals surface area contributed by atoms with Gasteiger partial charge in [0.15, 0.2) is 0 Å². The zero-order chi connectivity index (χ0) is 13.7. The number of carbonyl (C=O) groups is 1. The molecule has 0 spiro atoms. The lowest BCUT2D eigenvalue weighted by molar-refractivity contribution is -0.129. The van der Waals surface area contributed by atoms with Crippen LogP contribution in [0.1, 0.15) is 11.1 Å². The summed E-state index contributed by atoms with van der Waals surface area (Å²) in [4.78, 5) is 13.6. The Morgan fingerprint density at radius 2 is 1.68 bits per heavy atom. The molecule has 2 rings (SSSR count). The third-order valence-corrected chi connectivity index (χ3v) is 2.99. The van der Waals surface area contributed by atoms with Crippen molar-refractivity contribution in [1.82, 2.24) is 4.90 Å². The van der Waals surface area contributed by atoms with Crippen LogP contribution in [0.3, 0.4) is 0 Å². The third-order valence-electron chi connectivity index (χ3n) is 2.99. The second-order valence-corrected chi connectivity index (χ2v) is 4.50. The zero-order valence-corrected chi connectivity index (χ0v) is 10.8. The van der Waals surface area contributed by atoms with Crippen LogP contribution in [0.15, 0.2) is 54.6 Å². The molecule has 2 aromatic rings. The first-order chi connectivity index (χ1) is 9.16. The Balaban J connectivity index is 1.98. The minimum Gasteiger partial charge on any atom is -0.341 e. The summed E-state index contributed by atoms with van der Waals surface area (Å²) in [5, 5.41) is 0. The normalized spacial score (nSPS) is 10.2. The molecule has 0 saturated carbocycles. The molecule has 2 aromatic carbocycles. The van der Waals surface area contributed by atoms with E-state index in [1.807, 2.05) is 30.3 Å². The van der Waals surface area contributed by atoms with E-state index in [1.165, 1.54) is 6.07 Å². The first-order valence-corrected chi connectivity index (χ1v) is 6.18. The first-order valence-electron chi connectivity index (χ1n) is 6.18. The van der Waals surface area contributed by atoms with Gasteiger partial charge in [0.25, 0.3) is 0 Å². The highest BCUT2D eigenvalue weighted by Gasteiger charge is 2.11. The molecule has 0 aromatic heterocycles. The van der Waals surface area contributed by atoms with Crippen molar-refractivity contribution in [3.8, 4) is 0 Å². The Morgan fingerprint density at radius 3 is 2.37 bits per heavy atom. The molecule has 0 bridgehead atoms. The number of likely N-dealkylation sites (N-methyl/N-ethyl adjacent to an activating group) is 1. The van der Waals surface area contributed by atoms with Crippen LogP contribution in [-0.2, 0) is 17.8 Å².